The Morgan fingerprint density at radius 3 is 2.47 bits per heavy atom. The first-order valence-corrected chi connectivity index (χ1v) is 5.97. The zero-order chi connectivity index (χ0) is 14.7. The second-order valence-electron chi connectivity index (χ2n) is 5.56. The van der Waals surface area contributed by atoms with Gasteiger partial charge in [-0.2, -0.15) is 0 Å². The molecule has 0 fully saturated rings. The Bertz CT molecular complexity index is 413. The van der Waals surface area contributed by atoms with E-state index < -0.39 is 18.3 Å². The van der Waals surface area contributed by atoms with E-state index in [9.17, 15) is 18.3 Å². The van der Waals surface area contributed by atoms with Gasteiger partial charge in [-0.3, -0.25) is 0 Å². The van der Waals surface area contributed by atoms with Crippen LogP contribution < -0.4 is 4.74 Å². The summed E-state index contributed by atoms with van der Waals surface area (Å²) in [5.41, 5.74) is 0.0536. The van der Waals surface area contributed by atoms with E-state index in [-0.39, 0.29) is 11.0 Å². The van der Waals surface area contributed by atoms with Crippen molar-refractivity contribution in [2.75, 3.05) is 0 Å². The largest absolute Gasteiger partial charge is 0.574 e. The van der Waals surface area contributed by atoms with Crippen LogP contribution in [0.15, 0.2) is 18.3 Å². The molecular formula is C13H18F3NO2. The lowest BCUT2D eigenvalue weighted by Crippen LogP contribution is -2.20. The van der Waals surface area contributed by atoms with Gasteiger partial charge in [0.1, 0.15) is 0 Å². The number of hydrogen-bond donors (Lipinski definition) is 1. The van der Waals surface area contributed by atoms with Crippen molar-refractivity contribution in [2.45, 2.75) is 46.1 Å². The van der Waals surface area contributed by atoms with Crippen LogP contribution in [0.2, 0.25) is 0 Å². The average Bonchev–Trinajstić information content (AvgIpc) is 2.23. The van der Waals surface area contributed by atoms with Crippen molar-refractivity contribution in [3.63, 3.8) is 0 Å². The van der Waals surface area contributed by atoms with E-state index in [2.05, 4.69) is 9.72 Å². The zero-order valence-corrected chi connectivity index (χ0v) is 11.2. The Hall–Kier alpha value is -1.30. The molecule has 1 aromatic rings. The minimum Gasteiger partial charge on any atom is -0.388 e. The van der Waals surface area contributed by atoms with Gasteiger partial charge in [-0.15, -0.1) is 13.2 Å². The van der Waals surface area contributed by atoms with Crippen molar-refractivity contribution in [3.8, 4) is 5.88 Å². The summed E-state index contributed by atoms with van der Waals surface area (Å²) in [6.45, 7) is 5.99. The number of ether oxygens (including phenoxy) is 1. The Balaban J connectivity index is 2.82. The third kappa shape index (κ3) is 5.92. The van der Waals surface area contributed by atoms with Crippen molar-refractivity contribution in [1.82, 2.24) is 4.98 Å². The molecule has 6 heteroatoms. The predicted molar refractivity (Wildman–Crippen MR) is 64.6 cm³/mol. The molecular weight excluding hydrogens is 259 g/mol. The topological polar surface area (TPSA) is 42.4 Å². The molecule has 1 atom stereocenters. The Morgan fingerprint density at radius 2 is 1.95 bits per heavy atom. The fraction of sp³-hybridized carbons (Fsp3) is 0.615. The van der Waals surface area contributed by atoms with Crippen molar-refractivity contribution in [3.05, 3.63) is 23.9 Å². The monoisotopic (exact) mass is 277 g/mol. The van der Waals surface area contributed by atoms with E-state index in [0.29, 0.717) is 12.8 Å². The molecule has 0 aromatic carbocycles. The van der Waals surface area contributed by atoms with Crippen LogP contribution in [-0.2, 0) is 0 Å². The lowest BCUT2D eigenvalue weighted by molar-refractivity contribution is -0.276. The first kappa shape index (κ1) is 15.8. The number of aliphatic hydroxyl groups is 1. The first-order chi connectivity index (χ1) is 8.58. The minimum absolute atomic E-state index is 0.00572. The number of alkyl halides is 3. The molecule has 108 valence electrons. The molecule has 0 saturated heterocycles. The van der Waals surface area contributed by atoms with Crippen LogP contribution in [0.25, 0.3) is 0 Å². The lowest BCUT2D eigenvalue weighted by Gasteiger charge is -2.21. The number of aliphatic hydroxyl groups excluding tert-OH is 1. The quantitative estimate of drug-likeness (QED) is 0.909. The van der Waals surface area contributed by atoms with E-state index in [0.717, 1.165) is 0 Å². The second-order valence-corrected chi connectivity index (χ2v) is 5.56. The molecule has 0 amide bonds. The molecule has 19 heavy (non-hydrogen) atoms. The number of hydrogen-bond acceptors (Lipinski definition) is 3. The summed E-state index contributed by atoms with van der Waals surface area (Å²) in [6.07, 6.45) is -3.61. The molecule has 0 aliphatic rings. The smallest absolute Gasteiger partial charge is 0.388 e. The fourth-order valence-corrected chi connectivity index (χ4v) is 1.58. The van der Waals surface area contributed by atoms with Crippen LogP contribution in [0.3, 0.4) is 0 Å². The molecule has 0 bridgehead atoms. The van der Waals surface area contributed by atoms with E-state index in [1.165, 1.54) is 18.3 Å². The molecule has 0 saturated carbocycles. The molecule has 1 rings (SSSR count). The van der Waals surface area contributed by atoms with Gasteiger partial charge in [0.05, 0.1) is 6.10 Å². The molecule has 1 N–H and O–H groups in total. The Labute approximate surface area is 110 Å². The molecule has 0 aliphatic carbocycles. The fourth-order valence-electron chi connectivity index (χ4n) is 1.58. The maximum Gasteiger partial charge on any atom is 0.574 e. The van der Waals surface area contributed by atoms with Crippen molar-refractivity contribution < 1.29 is 23.0 Å². The third-order valence-corrected chi connectivity index (χ3v) is 2.54. The van der Waals surface area contributed by atoms with Crippen molar-refractivity contribution >= 4 is 0 Å². The van der Waals surface area contributed by atoms with Crippen LogP contribution in [-0.4, -0.2) is 16.5 Å². The van der Waals surface area contributed by atoms with Gasteiger partial charge in [0, 0.05) is 11.8 Å². The minimum atomic E-state index is -4.81. The number of rotatable bonds is 4. The lowest BCUT2D eigenvalue weighted by atomic mass is 9.88. The maximum atomic E-state index is 12.2. The average molecular weight is 277 g/mol. The first-order valence-electron chi connectivity index (χ1n) is 5.97. The highest BCUT2D eigenvalue weighted by molar-refractivity contribution is 5.27. The van der Waals surface area contributed by atoms with E-state index >= 15 is 0 Å². The normalized spacial score (nSPS) is 14.3. The Morgan fingerprint density at radius 1 is 1.32 bits per heavy atom. The number of aromatic nitrogens is 1. The Kier molecular flexibility index (Phi) is 4.79. The molecule has 0 unspecified atom stereocenters. The van der Waals surface area contributed by atoms with Crippen LogP contribution in [0.1, 0.15) is 45.3 Å². The van der Waals surface area contributed by atoms with Crippen molar-refractivity contribution in [1.29, 1.82) is 0 Å². The molecule has 0 spiro atoms. The number of nitrogens with zero attached hydrogens (tertiary/aromatic N) is 1. The van der Waals surface area contributed by atoms with Crippen LogP contribution in [0.5, 0.6) is 5.88 Å². The summed E-state index contributed by atoms with van der Waals surface area (Å²) in [5, 5.41) is 9.97. The van der Waals surface area contributed by atoms with Gasteiger partial charge in [0.25, 0.3) is 0 Å². The highest BCUT2D eigenvalue weighted by Gasteiger charge is 2.33. The SMILES string of the molecule is CC(C)(C)CC[C@H](O)c1cccnc1OC(F)(F)F. The summed E-state index contributed by atoms with van der Waals surface area (Å²) in [6, 6.07) is 2.86. The second kappa shape index (κ2) is 5.77. The van der Waals surface area contributed by atoms with E-state index in [1.807, 2.05) is 20.8 Å². The zero-order valence-electron chi connectivity index (χ0n) is 11.2. The third-order valence-electron chi connectivity index (χ3n) is 2.54. The van der Waals surface area contributed by atoms with Gasteiger partial charge in [-0.25, -0.2) is 4.98 Å². The van der Waals surface area contributed by atoms with E-state index in [1.54, 1.807) is 0 Å². The molecule has 1 aromatic heterocycles. The standard InChI is InChI=1S/C13H18F3NO2/c1-12(2,3)7-6-10(18)9-5-4-8-17-11(9)19-13(14,15)16/h4-5,8,10,18H,6-7H2,1-3H3/t10-/m0/s1. The predicted octanol–water partition coefficient (Wildman–Crippen LogP) is 3.84. The molecule has 0 aliphatic heterocycles. The molecule has 0 radical (unpaired) electrons. The van der Waals surface area contributed by atoms with Gasteiger partial charge in [-0.05, 0) is 30.4 Å². The van der Waals surface area contributed by atoms with Gasteiger partial charge < -0.3 is 9.84 Å². The molecule has 3 nitrogen and oxygen atoms in total. The van der Waals surface area contributed by atoms with Crippen molar-refractivity contribution in [2.24, 2.45) is 5.41 Å². The summed E-state index contributed by atoms with van der Waals surface area (Å²) < 4.78 is 40.5. The van der Waals surface area contributed by atoms with Crippen LogP contribution in [0, 0.1) is 5.41 Å². The highest BCUT2D eigenvalue weighted by atomic mass is 19.4. The summed E-state index contributed by atoms with van der Waals surface area (Å²) >= 11 is 0. The van der Waals surface area contributed by atoms with Gasteiger partial charge >= 0.3 is 6.36 Å². The van der Waals surface area contributed by atoms with Gasteiger partial charge in [0.2, 0.25) is 5.88 Å². The van der Waals surface area contributed by atoms with E-state index in [4.69, 9.17) is 0 Å². The van der Waals surface area contributed by atoms with Gasteiger partial charge in [-0.1, -0.05) is 20.8 Å². The highest BCUT2D eigenvalue weighted by Crippen LogP contribution is 2.32. The van der Waals surface area contributed by atoms with Crippen LogP contribution in [0.4, 0.5) is 13.2 Å². The summed E-state index contributed by atoms with van der Waals surface area (Å²) in [5.74, 6) is -0.587. The maximum absolute atomic E-state index is 12.2. The molecule has 1 heterocycles. The summed E-state index contributed by atoms with van der Waals surface area (Å²) in [4.78, 5) is 3.53. The number of pyridine rings is 1. The van der Waals surface area contributed by atoms with Crippen LogP contribution >= 0.6 is 0 Å². The number of halogens is 3. The van der Waals surface area contributed by atoms with Gasteiger partial charge in [0.15, 0.2) is 0 Å². The summed E-state index contributed by atoms with van der Waals surface area (Å²) in [7, 11) is 0.